The van der Waals surface area contributed by atoms with Crippen LogP contribution in [0, 0.1) is 12.3 Å². The van der Waals surface area contributed by atoms with Crippen molar-refractivity contribution in [3.05, 3.63) is 46.3 Å². The van der Waals surface area contributed by atoms with E-state index >= 15 is 0 Å². The number of benzene rings is 1. The molecule has 5 nitrogen and oxygen atoms in total. The van der Waals surface area contributed by atoms with Crippen LogP contribution in [0.25, 0.3) is 0 Å². The smallest absolute Gasteiger partial charge is 0.266 e. The topological polar surface area (TPSA) is 67.4 Å². The molecule has 6 heteroatoms. The van der Waals surface area contributed by atoms with Crippen LogP contribution in [0.3, 0.4) is 0 Å². The number of hydrogen-bond acceptors (Lipinski definition) is 4. The summed E-state index contributed by atoms with van der Waals surface area (Å²) < 4.78 is 5.61. The van der Waals surface area contributed by atoms with E-state index in [9.17, 15) is 9.59 Å². The number of carbonyl (C=O) groups is 2. The van der Waals surface area contributed by atoms with E-state index in [1.165, 1.54) is 11.3 Å². The average molecular weight is 389 g/mol. The maximum atomic E-state index is 12.7. The lowest BCUT2D eigenvalue weighted by Crippen LogP contribution is -2.27. The maximum Gasteiger partial charge on any atom is 0.266 e. The number of carbonyl (C=O) groups excluding carboxylic acids is 2. The third-order valence-electron chi connectivity index (χ3n) is 3.81. The Morgan fingerprint density at radius 3 is 2.48 bits per heavy atom. The molecule has 0 atom stereocenters. The van der Waals surface area contributed by atoms with E-state index in [-0.39, 0.29) is 17.9 Å². The molecule has 1 aromatic carbocycles. The summed E-state index contributed by atoms with van der Waals surface area (Å²) in [5, 5.41) is 6.49. The lowest BCUT2D eigenvalue weighted by Gasteiger charge is -2.16. The van der Waals surface area contributed by atoms with Gasteiger partial charge in [-0.15, -0.1) is 11.3 Å². The third kappa shape index (κ3) is 6.19. The van der Waals surface area contributed by atoms with Crippen LogP contribution in [0.2, 0.25) is 0 Å². The van der Waals surface area contributed by atoms with Crippen molar-refractivity contribution in [3.8, 4) is 0 Å². The molecule has 0 aliphatic carbocycles. The van der Waals surface area contributed by atoms with Gasteiger partial charge in [0.1, 0.15) is 0 Å². The lowest BCUT2D eigenvalue weighted by atomic mass is 9.96. The predicted molar refractivity (Wildman–Crippen MR) is 111 cm³/mol. The van der Waals surface area contributed by atoms with Crippen LogP contribution in [-0.2, 0) is 16.1 Å². The van der Waals surface area contributed by atoms with Crippen LogP contribution in [0.1, 0.15) is 55.4 Å². The van der Waals surface area contributed by atoms with Crippen molar-refractivity contribution in [2.75, 3.05) is 10.6 Å². The molecule has 2 N–H and O–H groups in total. The standard InChI is InChI=1S/C21H28N2O3S/c1-13(2)26-12-15-8-7-9-16(11-15)22-19(24)18-14(3)10-17(27-18)23-20(25)21(4,5)6/h7-11,13H,12H2,1-6H3,(H,22,24)(H,23,25). The first-order chi connectivity index (χ1) is 12.6. The van der Waals surface area contributed by atoms with Crippen molar-refractivity contribution in [3.63, 3.8) is 0 Å². The van der Waals surface area contributed by atoms with Gasteiger partial charge in [0.2, 0.25) is 5.91 Å². The Balaban J connectivity index is 2.08. The Kier molecular flexibility index (Phi) is 6.78. The zero-order chi connectivity index (χ0) is 20.2. The second kappa shape index (κ2) is 8.67. The number of hydrogen-bond donors (Lipinski definition) is 2. The summed E-state index contributed by atoms with van der Waals surface area (Å²) in [6, 6.07) is 9.45. The van der Waals surface area contributed by atoms with Crippen molar-refractivity contribution < 1.29 is 14.3 Å². The van der Waals surface area contributed by atoms with Crippen LogP contribution in [0.5, 0.6) is 0 Å². The number of ether oxygens (including phenoxy) is 1. The fraction of sp³-hybridized carbons (Fsp3) is 0.429. The second-order valence-electron chi connectivity index (χ2n) is 7.84. The summed E-state index contributed by atoms with van der Waals surface area (Å²) in [6.45, 7) is 11.9. The summed E-state index contributed by atoms with van der Waals surface area (Å²) in [4.78, 5) is 25.4. The van der Waals surface area contributed by atoms with Crippen molar-refractivity contribution >= 4 is 33.8 Å². The summed E-state index contributed by atoms with van der Waals surface area (Å²) in [5.74, 6) is -0.260. The first-order valence-electron chi connectivity index (χ1n) is 9.00. The van der Waals surface area contributed by atoms with Crippen LogP contribution in [-0.4, -0.2) is 17.9 Å². The Morgan fingerprint density at radius 2 is 1.85 bits per heavy atom. The van der Waals surface area contributed by atoms with Crippen LogP contribution in [0.4, 0.5) is 10.7 Å². The van der Waals surface area contributed by atoms with Crippen LogP contribution in [0.15, 0.2) is 30.3 Å². The fourth-order valence-electron chi connectivity index (χ4n) is 2.26. The van der Waals surface area contributed by atoms with E-state index in [0.29, 0.717) is 16.5 Å². The van der Waals surface area contributed by atoms with Crippen LogP contribution < -0.4 is 10.6 Å². The lowest BCUT2D eigenvalue weighted by molar-refractivity contribution is -0.123. The number of nitrogens with one attached hydrogen (secondary N) is 2. The highest BCUT2D eigenvalue weighted by Gasteiger charge is 2.23. The number of thiophene rings is 1. The molecule has 1 aromatic heterocycles. The van der Waals surface area contributed by atoms with Crippen molar-refractivity contribution in [1.29, 1.82) is 0 Å². The molecule has 27 heavy (non-hydrogen) atoms. The zero-order valence-corrected chi connectivity index (χ0v) is 17.6. The molecule has 0 aliphatic heterocycles. The maximum absolute atomic E-state index is 12.7. The van der Waals surface area contributed by atoms with Gasteiger partial charge in [-0.1, -0.05) is 32.9 Å². The molecule has 0 spiro atoms. The molecule has 0 unspecified atom stereocenters. The number of anilines is 2. The van der Waals surface area contributed by atoms with Gasteiger partial charge < -0.3 is 15.4 Å². The van der Waals surface area contributed by atoms with Gasteiger partial charge in [0, 0.05) is 11.1 Å². The molecule has 0 fully saturated rings. The van der Waals surface area contributed by atoms with Gasteiger partial charge in [0.05, 0.1) is 22.6 Å². The highest BCUT2D eigenvalue weighted by molar-refractivity contribution is 7.18. The summed E-state index contributed by atoms with van der Waals surface area (Å²) in [6.07, 6.45) is 0.152. The van der Waals surface area contributed by atoms with E-state index in [1.54, 1.807) is 0 Å². The Bertz CT molecular complexity index is 819. The summed E-state index contributed by atoms with van der Waals surface area (Å²) in [5.41, 5.74) is 2.07. The number of aryl methyl sites for hydroxylation is 1. The molecule has 0 saturated heterocycles. The summed E-state index contributed by atoms with van der Waals surface area (Å²) >= 11 is 1.28. The fourth-order valence-corrected chi connectivity index (χ4v) is 3.22. The molecular weight excluding hydrogens is 360 g/mol. The quantitative estimate of drug-likeness (QED) is 0.713. The Hall–Kier alpha value is -2.18. The molecule has 0 aliphatic rings. The largest absolute Gasteiger partial charge is 0.374 e. The number of rotatable bonds is 6. The first-order valence-corrected chi connectivity index (χ1v) is 9.81. The molecule has 146 valence electrons. The van der Waals surface area contributed by atoms with Crippen molar-refractivity contribution in [2.24, 2.45) is 5.41 Å². The number of amides is 2. The highest BCUT2D eigenvalue weighted by atomic mass is 32.1. The predicted octanol–water partition coefficient (Wildman–Crippen LogP) is 5.22. The second-order valence-corrected chi connectivity index (χ2v) is 8.89. The molecule has 1 heterocycles. The van der Waals surface area contributed by atoms with Crippen molar-refractivity contribution in [1.82, 2.24) is 0 Å². The molecule has 2 aromatic rings. The summed E-state index contributed by atoms with van der Waals surface area (Å²) in [7, 11) is 0. The van der Waals surface area contributed by atoms with Gasteiger partial charge in [0.25, 0.3) is 5.91 Å². The highest BCUT2D eigenvalue weighted by Crippen LogP contribution is 2.29. The van der Waals surface area contributed by atoms with Gasteiger partial charge in [-0.25, -0.2) is 0 Å². The minimum absolute atomic E-state index is 0.0754. The van der Waals surface area contributed by atoms with Gasteiger partial charge in [-0.2, -0.15) is 0 Å². The molecular formula is C21H28N2O3S. The third-order valence-corrected chi connectivity index (χ3v) is 4.96. The van der Waals surface area contributed by atoms with E-state index in [0.717, 1.165) is 16.8 Å². The van der Waals surface area contributed by atoms with Crippen LogP contribution >= 0.6 is 11.3 Å². The minimum atomic E-state index is -0.487. The van der Waals surface area contributed by atoms with Gasteiger partial charge in [-0.3, -0.25) is 9.59 Å². The molecule has 2 amide bonds. The normalized spacial score (nSPS) is 11.5. The molecule has 0 bridgehead atoms. The van der Waals surface area contributed by atoms with E-state index in [2.05, 4.69) is 10.6 Å². The SMILES string of the molecule is Cc1cc(NC(=O)C(C)(C)C)sc1C(=O)Nc1cccc(COC(C)C)c1. The Morgan fingerprint density at radius 1 is 1.15 bits per heavy atom. The van der Waals surface area contributed by atoms with Gasteiger partial charge >= 0.3 is 0 Å². The first kappa shape index (κ1) is 21.1. The zero-order valence-electron chi connectivity index (χ0n) is 16.8. The van der Waals surface area contributed by atoms with E-state index < -0.39 is 5.41 Å². The van der Waals surface area contributed by atoms with Gasteiger partial charge in [-0.05, 0) is 50.1 Å². The molecule has 2 rings (SSSR count). The monoisotopic (exact) mass is 388 g/mol. The Labute approximate surface area is 165 Å². The van der Waals surface area contributed by atoms with Crippen molar-refractivity contribution in [2.45, 2.75) is 54.3 Å². The van der Waals surface area contributed by atoms with E-state index in [4.69, 9.17) is 4.74 Å². The molecule has 0 radical (unpaired) electrons. The van der Waals surface area contributed by atoms with Gasteiger partial charge in [0.15, 0.2) is 0 Å². The average Bonchev–Trinajstić information content (AvgIpc) is 2.93. The molecule has 0 saturated carbocycles. The van der Waals surface area contributed by atoms with E-state index in [1.807, 2.05) is 71.9 Å². The minimum Gasteiger partial charge on any atom is -0.374 e.